The maximum atomic E-state index is 12.4. The first kappa shape index (κ1) is 24.0. The summed E-state index contributed by atoms with van der Waals surface area (Å²) >= 11 is 1.36. The van der Waals surface area contributed by atoms with Gasteiger partial charge in [-0.15, -0.1) is 11.8 Å². The number of β-lactam (4-membered cyclic amide) rings is 1. The number of nitrogens with one attached hydrogen (secondary N) is 3. The molecule has 0 bridgehead atoms. The van der Waals surface area contributed by atoms with Gasteiger partial charge in [0.05, 0.1) is 30.4 Å². The fraction of sp³-hybridized carbons (Fsp3) is 0.722. The van der Waals surface area contributed by atoms with Crippen molar-refractivity contribution in [3.63, 3.8) is 0 Å². The van der Waals surface area contributed by atoms with Crippen molar-refractivity contribution in [3.05, 3.63) is 10.6 Å². The Balaban J connectivity index is 1.59. The van der Waals surface area contributed by atoms with Crippen LogP contribution in [0.25, 0.3) is 0 Å². The molecule has 3 aliphatic heterocycles. The molecule has 0 saturated carbocycles. The molecule has 0 spiro atoms. The minimum absolute atomic E-state index is 0.0239. The van der Waals surface area contributed by atoms with Gasteiger partial charge in [-0.2, -0.15) is 0 Å². The number of fused-ring (bicyclic) bond motifs is 1. The number of amides is 2. The number of carboxylic acids is 1. The fourth-order valence-electron chi connectivity index (χ4n) is 4.40. The maximum Gasteiger partial charge on any atom is 0.353 e. The highest BCUT2D eigenvalue weighted by Crippen LogP contribution is 2.51. The minimum Gasteiger partial charge on any atom is -0.477 e. The summed E-state index contributed by atoms with van der Waals surface area (Å²) in [5, 5.41) is 25.3. The van der Waals surface area contributed by atoms with Crippen LogP contribution < -0.4 is 15.4 Å². The standard InChI is InChI=1S/C18H28N4O7S2/c1-8-13-12(9(2)23)17(25)22(13)14(18(26)27)15(8)30-10-6-11(20-7-10)16(24)19-4-5-21-31(3,28)29/h8-13,20-21,23H,4-7H2,1-3H3,(H,19,24)(H,26,27)/t8-,9-,10+,11+,12?,13?/m1/s1. The third-order valence-electron chi connectivity index (χ3n) is 5.80. The van der Waals surface area contributed by atoms with Gasteiger partial charge in [-0.1, -0.05) is 6.92 Å². The molecule has 13 heteroatoms. The number of aliphatic carboxylic acids is 1. The summed E-state index contributed by atoms with van der Waals surface area (Å²) in [4.78, 5) is 38.5. The van der Waals surface area contributed by atoms with Crippen molar-refractivity contribution in [1.82, 2.24) is 20.3 Å². The number of carbonyl (C=O) groups excluding carboxylic acids is 2. The molecule has 5 N–H and O–H groups in total. The van der Waals surface area contributed by atoms with Gasteiger partial charge in [0.1, 0.15) is 5.70 Å². The molecule has 2 amide bonds. The highest BCUT2D eigenvalue weighted by atomic mass is 32.2. The molecule has 0 aliphatic carbocycles. The van der Waals surface area contributed by atoms with Crippen molar-refractivity contribution in [3.8, 4) is 0 Å². The molecular formula is C18H28N4O7S2. The molecule has 11 nitrogen and oxygen atoms in total. The Morgan fingerprint density at radius 1 is 1.35 bits per heavy atom. The largest absolute Gasteiger partial charge is 0.477 e. The Labute approximate surface area is 185 Å². The van der Waals surface area contributed by atoms with E-state index in [4.69, 9.17) is 0 Å². The first-order valence-corrected chi connectivity index (χ1v) is 12.8. The van der Waals surface area contributed by atoms with Gasteiger partial charge in [0.25, 0.3) is 0 Å². The molecule has 174 valence electrons. The lowest BCUT2D eigenvalue weighted by atomic mass is 9.79. The van der Waals surface area contributed by atoms with Gasteiger partial charge in [-0.05, 0) is 13.3 Å². The third-order valence-corrected chi connectivity index (χ3v) is 8.04. The fourth-order valence-corrected chi connectivity index (χ4v) is 6.35. The summed E-state index contributed by atoms with van der Waals surface area (Å²) in [6.07, 6.45) is 0.658. The molecule has 2 unspecified atom stereocenters. The SMILES string of the molecule is C[C@@H](O)C1C(=O)N2C(C(=O)O)=C(S[C@@H]3CN[C@H](C(=O)NCCNS(C)(=O)=O)C3)[C@H](C)C12. The summed E-state index contributed by atoms with van der Waals surface area (Å²) in [6.45, 7) is 4.14. The van der Waals surface area contributed by atoms with Crippen molar-refractivity contribution >= 4 is 39.6 Å². The minimum atomic E-state index is -3.32. The van der Waals surface area contributed by atoms with Crippen LogP contribution in [-0.4, -0.2) is 90.6 Å². The number of hydrogen-bond donors (Lipinski definition) is 5. The number of hydrogen-bond acceptors (Lipinski definition) is 8. The zero-order chi connectivity index (χ0) is 23.1. The number of carbonyl (C=O) groups is 3. The lowest BCUT2D eigenvalue weighted by Gasteiger charge is -2.46. The van der Waals surface area contributed by atoms with E-state index >= 15 is 0 Å². The van der Waals surface area contributed by atoms with E-state index in [2.05, 4.69) is 15.4 Å². The Morgan fingerprint density at radius 2 is 2.03 bits per heavy atom. The van der Waals surface area contributed by atoms with Crippen LogP contribution in [0.15, 0.2) is 10.6 Å². The Morgan fingerprint density at radius 3 is 2.61 bits per heavy atom. The van der Waals surface area contributed by atoms with E-state index in [9.17, 15) is 33.0 Å². The monoisotopic (exact) mass is 476 g/mol. The van der Waals surface area contributed by atoms with Gasteiger partial charge in [0, 0.05) is 35.7 Å². The van der Waals surface area contributed by atoms with E-state index in [1.54, 1.807) is 0 Å². The van der Waals surface area contributed by atoms with Crippen LogP contribution in [0.5, 0.6) is 0 Å². The summed E-state index contributed by atoms with van der Waals surface area (Å²) in [6, 6.07) is -0.831. The average molecular weight is 477 g/mol. The topological polar surface area (TPSA) is 165 Å². The molecule has 0 aromatic rings. The molecule has 31 heavy (non-hydrogen) atoms. The van der Waals surface area contributed by atoms with Crippen LogP contribution in [0.2, 0.25) is 0 Å². The van der Waals surface area contributed by atoms with E-state index in [1.165, 1.54) is 23.6 Å². The van der Waals surface area contributed by atoms with Gasteiger partial charge in [0.15, 0.2) is 0 Å². The van der Waals surface area contributed by atoms with Crippen LogP contribution in [0.1, 0.15) is 20.3 Å². The average Bonchev–Trinajstić information content (AvgIpc) is 3.20. The van der Waals surface area contributed by atoms with E-state index in [0.717, 1.165) is 6.26 Å². The molecule has 0 aromatic carbocycles. The summed E-state index contributed by atoms with van der Waals surface area (Å²) < 4.78 is 24.4. The first-order chi connectivity index (χ1) is 14.4. The van der Waals surface area contributed by atoms with Crippen molar-refractivity contribution in [2.45, 2.75) is 43.7 Å². The molecule has 2 fully saturated rings. The zero-order valence-electron chi connectivity index (χ0n) is 17.5. The molecule has 0 aromatic heterocycles. The van der Waals surface area contributed by atoms with Crippen LogP contribution in [0.3, 0.4) is 0 Å². The van der Waals surface area contributed by atoms with Crippen LogP contribution in [0, 0.1) is 11.8 Å². The van der Waals surface area contributed by atoms with Gasteiger partial charge in [-0.3, -0.25) is 9.59 Å². The molecule has 3 heterocycles. The molecule has 0 radical (unpaired) electrons. The smallest absolute Gasteiger partial charge is 0.353 e. The van der Waals surface area contributed by atoms with Crippen molar-refractivity contribution < 1.29 is 33.0 Å². The highest BCUT2D eigenvalue weighted by Gasteiger charge is 2.60. The molecule has 6 atom stereocenters. The quantitative estimate of drug-likeness (QED) is 0.192. The van der Waals surface area contributed by atoms with Gasteiger partial charge in [0.2, 0.25) is 21.8 Å². The Hall–Kier alpha value is -1.67. The van der Waals surface area contributed by atoms with Gasteiger partial charge >= 0.3 is 5.97 Å². The maximum absolute atomic E-state index is 12.4. The van der Waals surface area contributed by atoms with Crippen LogP contribution in [-0.2, 0) is 24.4 Å². The molecule has 3 rings (SSSR count). The Kier molecular flexibility index (Phi) is 7.01. The number of nitrogens with zero attached hydrogens (tertiary/aromatic N) is 1. The summed E-state index contributed by atoms with van der Waals surface area (Å²) in [5.41, 5.74) is -0.0239. The van der Waals surface area contributed by atoms with Crippen molar-refractivity contribution in [2.24, 2.45) is 11.8 Å². The second kappa shape index (κ2) is 9.06. The van der Waals surface area contributed by atoms with E-state index in [0.29, 0.717) is 17.9 Å². The number of aliphatic hydroxyl groups excluding tert-OH is 1. The van der Waals surface area contributed by atoms with E-state index in [-0.39, 0.29) is 47.8 Å². The second-order valence-electron chi connectivity index (χ2n) is 8.17. The van der Waals surface area contributed by atoms with Crippen molar-refractivity contribution in [1.29, 1.82) is 0 Å². The predicted octanol–water partition coefficient (Wildman–Crippen LogP) is -1.73. The lowest BCUT2D eigenvalue weighted by Crippen LogP contribution is -2.63. The molecule has 3 aliphatic rings. The lowest BCUT2D eigenvalue weighted by molar-refractivity contribution is -0.163. The van der Waals surface area contributed by atoms with Crippen molar-refractivity contribution in [2.75, 3.05) is 25.9 Å². The zero-order valence-corrected chi connectivity index (χ0v) is 19.1. The Bertz CT molecular complexity index is 905. The molecular weight excluding hydrogens is 448 g/mol. The number of sulfonamides is 1. The van der Waals surface area contributed by atoms with Gasteiger partial charge < -0.3 is 25.7 Å². The molecule has 2 saturated heterocycles. The first-order valence-electron chi connectivity index (χ1n) is 10.0. The van der Waals surface area contributed by atoms with Crippen LogP contribution >= 0.6 is 11.8 Å². The summed E-state index contributed by atoms with van der Waals surface area (Å²) in [7, 11) is -3.32. The number of carboxylic acid groups (broad SMARTS) is 1. The summed E-state index contributed by atoms with van der Waals surface area (Å²) in [5.74, 6) is -2.62. The van der Waals surface area contributed by atoms with Gasteiger partial charge in [-0.25, -0.2) is 17.9 Å². The predicted molar refractivity (Wildman–Crippen MR) is 113 cm³/mol. The normalized spacial score (nSPS) is 31.4. The number of aliphatic hydroxyl groups is 1. The third kappa shape index (κ3) is 4.90. The second-order valence-corrected chi connectivity index (χ2v) is 11.3. The van der Waals surface area contributed by atoms with E-state index in [1.807, 2.05) is 6.92 Å². The number of rotatable bonds is 9. The highest BCUT2D eigenvalue weighted by molar-refractivity contribution is 8.03. The van der Waals surface area contributed by atoms with E-state index < -0.39 is 34.1 Å². The number of thioether (sulfide) groups is 1. The van der Waals surface area contributed by atoms with Crippen LogP contribution in [0.4, 0.5) is 0 Å².